The van der Waals surface area contributed by atoms with E-state index in [0.29, 0.717) is 16.5 Å². The molecule has 2 rings (SSSR count). The Morgan fingerprint density at radius 2 is 2.07 bits per heavy atom. The minimum Gasteiger partial charge on any atom is -0.396 e. The van der Waals surface area contributed by atoms with Crippen LogP contribution in [0.3, 0.4) is 0 Å². The molecule has 5 nitrogen and oxygen atoms in total. The molecule has 1 aliphatic rings. The molecule has 0 fully saturated rings. The molecule has 0 aliphatic heterocycles. The number of oxime groups is 1. The normalized spacial score (nSPS) is 14.7. The Morgan fingerprint density at radius 1 is 1.30 bits per heavy atom. The van der Waals surface area contributed by atoms with Gasteiger partial charge in [-0.15, -0.1) is 11.8 Å². The van der Waals surface area contributed by atoms with Crippen molar-refractivity contribution in [2.24, 2.45) is 5.16 Å². The number of halogens is 2. The minimum atomic E-state index is -0.601. The van der Waals surface area contributed by atoms with E-state index in [9.17, 15) is 14.7 Å². The van der Waals surface area contributed by atoms with E-state index >= 15 is 0 Å². The molecular weight excluding hydrogens is 409 g/mol. The zero-order valence-corrected chi connectivity index (χ0v) is 17.0. The second-order valence-electron chi connectivity index (χ2n) is 5.62. The number of aliphatic hydroxyl groups excluding tert-OH is 1. The van der Waals surface area contributed by atoms with Crippen molar-refractivity contribution in [2.45, 2.75) is 24.7 Å². The number of aliphatic hydroxyl groups is 1. The van der Waals surface area contributed by atoms with Crippen LogP contribution in [0.15, 0.2) is 51.5 Å². The predicted molar refractivity (Wildman–Crippen MR) is 109 cm³/mol. The van der Waals surface area contributed by atoms with Gasteiger partial charge in [0.25, 0.3) is 0 Å². The Hall–Kier alpha value is -1.60. The van der Waals surface area contributed by atoms with Gasteiger partial charge in [-0.1, -0.05) is 40.0 Å². The number of thioether (sulfide) groups is 1. The van der Waals surface area contributed by atoms with Crippen LogP contribution in [-0.4, -0.2) is 41.4 Å². The summed E-state index contributed by atoms with van der Waals surface area (Å²) >= 11 is 13.5. The Labute approximate surface area is 172 Å². The lowest BCUT2D eigenvalue weighted by Gasteiger charge is -2.13. The maximum Gasteiger partial charge on any atom is 0.216 e. The lowest BCUT2D eigenvalue weighted by atomic mass is 9.91. The van der Waals surface area contributed by atoms with Crippen molar-refractivity contribution in [1.82, 2.24) is 0 Å². The molecule has 0 bridgehead atoms. The Morgan fingerprint density at radius 3 is 2.70 bits per heavy atom. The van der Waals surface area contributed by atoms with Crippen LogP contribution in [0.4, 0.5) is 0 Å². The van der Waals surface area contributed by atoms with Gasteiger partial charge in [-0.25, -0.2) is 0 Å². The number of rotatable bonds is 9. The Balaban J connectivity index is 1.97. The number of carbonyl (C=O) groups excluding carboxylic acids is 2. The third-order valence-corrected chi connectivity index (χ3v) is 5.45. The van der Waals surface area contributed by atoms with Gasteiger partial charge < -0.3 is 9.94 Å². The molecule has 0 aromatic heterocycles. The van der Waals surface area contributed by atoms with Gasteiger partial charge in [0.2, 0.25) is 5.78 Å². The molecule has 8 heteroatoms. The van der Waals surface area contributed by atoms with Gasteiger partial charge in [0.05, 0.1) is 22.2 Å². The van der Waals surface area contributed by atoms with Gasteiger partial charge in [0, 0.05) is 17.1 Å². The largest absolute Gasteiger partial charge is 0.396 e. The van der Waals surface area contributed by atoms with Crippen molar-refractivity contribution in [2.75, 3.05) is 19.0 Å². The molecule has 0 heterocycles. The summed E-state index contributed by atoms with van der Waals surface area (Å²) in [5, 5.41) is 13.8. The monoisotopic (exact) mass is 427 g/mol. The minimum absolute atomic E-state index is 0.0170. The van der Waals surface area contributed by atoms with Crippen molar-refractivity contribution < 1.29 is 19.5 Å². The summed E-state index contributed by atoms with van der Waals surface area (Å²) in [5.74, 6) is -0.117. The van der Waals surface area contributed by atoms with Gasteiger partial charge >= 0.3 is 0 Å². The molecule has 0 saturated heterocycles. The van der Waals surface area contributed by atoms with Gasteiger partial charge in [-0.05, 0) is 37.6 Å². The maximum absolute atomic E-state index is 12.3. The molecule has 1 N–H and O–H groups in total. The predicted octanol–water partition coefficient (Wildman–Crippen LogP) is 4.26. The van der Waals surface area contributed by atoms with E-state index in [1.807, 2.05) is 6.07 Å². The fourth-order valence-corrected chi connectivity index (χ4v) is 3.66. The molecule has 27 heavy (non-hydrogen) atoms. The third kappa shape index (κ3) is 6.21. The number of Topliss-reactive ketones (excluding diaryl/α,β-unsaturated/α-hetero) is 2. The first-order chi connectivity index (χ1) is 13.0. The summed E-state index contributed by atoms with van der Waals surface area (Å²) in [6.07, 6.45) is 4.14. The highest BCUT2D eigenvalue weighted by Gasteiger charge is 2.25. The summed E-state index contributed by atoms with van der Waals surface area (Å²) < 4.78 is 0. The molecule has 0 radical (unpaired) electrons. The average molecular weight is 428 g/mol. The van der Waals surface area contributed by atoms with E-state index in [-0.39, 0.29) is 30.1 Å². The molecule has 1 aromatic carbocycles. The van der Waals surface area contributed by atoms with Crippen LogP contribution in [0.25, 0.3) is 0 Å². The topological polar surface area (TPSA) is 76.0 Å². The van der Waals surface area contributed by atoms with Gasteiger partial charge in [-0.2, -0.15) is 0 Å². The summed E-state index contributed by atoms with van der Waals surface area (Å²) in [6, 6.07) is 5.45. The first-order valence-corrected chi connectivity index (χ1v) is 10.1. The lowest BCUT2D eigenvalue weighted by molar-refractivity contribution is -0.118. The van der Waals surface area contributed by atoms with E-state index < -0.39 is 12.4 Å². The summed E-state index contributed by atoms with van der Waals surface area (Å²) in [6.45, 7) is 1.39. The van der Waals surface area contributed by atoms with Gasteiger partial charge in [0.15, 0.2) is 11.5 Å². The van der Waals surface area contributed by atoms with Crippen LogP contribution in [-0.2, 0) is 14.4 Å². The van der Waals surface area contributed by atoms with E-state index in [0.717, 1.165) is 16.2 Å². The first-order valence-electron chi connectivity index (χ1n) is 8.31. The Bertz CT molecular complexity index is 818. The number of ketones is 2. The number of benzene rings is 1. The first kappa shape index (κ1) is 21.7. The molecule has 1 aromatic rings. The van der Waals surface area contributed by atoms with Gasteiger partial charge in [0.1, 0.15) is 6.61 Å². The van der Waals surface area contributed by atoms with Crippen molar-refractivity contribution in [1.29, 1.82) is 0 Å². The molecule has 0 unspecified atom stereocenters. The van der Waals surface area contributed by atoms with Crippen LogP contribution in [0.5, 0.6) is 0 Å². The number of hydrogen-bond donors (Lipinski definition) is 1. The SMILES string of the molecule is CCON=C(CO)C(=O)C1=CC=C(CCSc2ccc(Cl)c(Cl)c2)CC1=O. The zero-order chi connectivity index (χ0) is 19.8. The quantitative estimate of drug-likeness (QED) is 0.275. The lowest BCUT2D eigenvalue weighted by Crippen LogP contribution is -2.26. The van der Waals surface area contributed by atoms with Crippen LogP contribution >= 0.6 is 35.0 Å². The number of carbonyl (C=O) groups is 2. The molecule has 0 spiro atoms. The molecule has 0 saturated carbocycles. The summed E-state index contributed by atoms with van der Waals surface area (Å²) in [7, 11) is 0. The fraction of sp³-hybridized carbons (Fsp3) is 0.316. The highest BCUT2D eigenvalue weighted by Crippen LogP contribution is 2.29. The molecule has 0 amide bonds. The molecule has 0 atom stereocenters. The smallest absolute Gasteiger partial charge is 0.216 e. The van der Waals surface area contributed by atoms with E-state index in [1.54, 1.807) is 36.9 Å². The van der Waals surface area contributed by atoms with Crippen molar-refractivity contribution in [3.63, 3.8) is 0 Å². The van der Waals surface area contributed by atoms with E-state index in [1.165, 1.54) is 6.08 Å². The zero-order valence-electron chi connectivity index (χ0n) is 14.7. The van der Waals surface area contributed by atoms with Gasteiger partial charge in [-0.3, -0.25) is 9.59 Å². The van der Waals surface area contributed by atoms with E-state index in [2.05, 4.69) is 5.16 Å². The van der Waals surface area contributed by atoms with E-state index in [4.69, 9.17) is 28.0 Å². The average Bonchev–Trinajstić information content (AvgIpc) is 2.65. The number of nitrogens with zero attached hydrogens (tertiary/aromatic N) is 1. The van der Waals surface area contributed by atoms with Crippen molar-refractivity contribution >= 4 is 52.2 Å². The fourth-order valence-electron chi connectivity index (χ4n) is 2.34. The molecular formula is C19H19Cl2NO4S. The highest BCUT2D eigenvalue weighted by atomic mass is 35.5. The van der Waals surface area contributed by atoms with Crippen LogP contribution in [0.2, 0.25) is 10.0 Å². The van der Waals surface area contributed by atoms with Crippen LogP contribution < -0.4 is 0 Å². The van der Waals surface area contributed by atoms with Crippen molar-refractivity contribution in [3.05, 3.63) is 51.5 Å². The van der Waals surface area contributed by atoms with Crippen LogP contribution in [0, 0.1) is 0 Å². The molecule has 144 valence electrons. The number of allylic oxidation sites excluding steroid dienone is 4. The highest BCUT2D eigenvalue weighted by molar-refractivity contribution is 7.99. The third-order valence-electron chi connectivity index (χ3n) is 3.72. The second-order valence-corrected chi connectivity index (χ2v) is 7.61. The maximum atomic E-state index is 12.3. The Kier molecular flexibility index (Phi) is 8.57. The number of hydrogen-bond acceptors (Lipinski definition) is 6. The standard InChI is InChI=1S/C19H19Cl2NO4S/c1-2-26-22-17(11-23)19(25)14-5-3-12(9-18(14)24)7-8-27-13-4-6-15(20)16(21)10-13/h3-6,10,23H,2,7-9,11H2,1H3. The summed E-state index contributed by atoms with van der Waals surface area (Å²) in [4.78, 5) is 30.4. The van der Waals surface area contributed by atoms with Crippen LogP contribution in [0.1, 0.15) is 19.8 Å². The molecule has 1 aliphatic carbocycles. The van der Waals surface area contributed by atoms with Crippen molar-refractivity contribution in [3.8, 4) is 0 Å². The second kappa shape index (κ2) is 10.7. The summed E-state index contributed by atoms with van der Waals surface area (Å²) in [5.41, 5.74) is 0.781.